The molecule has 3 aromatic rings. The average molecular weight is 402 g/mol. The molecule has 0 aliphatic carbocycles. The lowest BCUT2D eigenvalue weighted by Crippen LogP contribution is -2.38. The molecule has 7 nitrogen and oxygen atoms in total. The number of hydrogen-bond donors (Lipinski definition) is 1. The second-order valence-electron chi connectivity index (χ2n) is 7.60. The zero-order valence-electron chi connectivity index (χ0n) is 17.3. The van der Waals surface area contributed by atoms with E-state index < -0.39 is 17.0 Å². The minimum atomic E-state index is -0.657. The van der Waals surface area contributed by atoms with Crippen LogP contribution in [0.2, 0.25) is 0 Å². The first-order valence-electron chi connectivity index (χ1n) is 9.56. The Morgan fingerprint density at radius 2 is 1.93 bits per heavy atom. The first kappa shape index (κ1) is 20.9. The van der Waals surface area contributed by atoms with Crippen molar-refractivity contribution < 1.29 is 4.79 Å². The van der Waals surface area contributed by atoms with Crippen LogP contribution in [0.4, 0.5) is 0 Å². The van der Waals surface area contributed by atoms with Crippen molar-refractivity contribution >= 4 is 5.78 Å². The number of carbonyl (C=O) groups is 1. The fourth-order valence-electron chi connectivity index (χ4n) is 3.52. The van der Waals surface area contributed by atoms with Crippen molar-refractivity contribution in [2.24, 2.45) is 0 Å². The van der Waals surface area contributed by atoms with Crippen molar-refractivity contribution in [2.75, 3.05) is 0 Å². The van der Waals surface area contributed by atoms with Crippen LogP contribution in [0.5, 0.6) is 0 Å². The Bertz CT molecular complexity index is 1290. The summed E-state index contributed by atoms with van der Waals surface area (Å²) in [6, 6.07) is 10.4. The second kappa shape index (κ2) is 8.29. The lowest BCUT2D eigenvalue weighted by molar-refractivity contribution is 0.102. The third-order valence-electron chi connectivity index (χ3n) is 4.80. The lowest BCUT2D eigenvalue weighted by atomic mass is 9.95. The molecule has 0 bridgehead atoms. The Kier molecular flexibility index (Phi) is 5.79. The van der Waals surface area contributed by atoms with Crippen molar-refractivity contribution in [1.29, 1.82) is 5.26 Å². The van der Waals surface area contributed by atoms with Gasteiger partial charge in [0.1, 0.15) is 5.69 Å². The molecule has 0 aliphatic heterocycles. The molecule has 0 amide bonds. The van der Waals surface area contributed by atoms with E-state index in [1.807, 2.05) is 19.1 Å². The van der Waals surface area contributed by atoms with Gasteiger partial charge in [-0.25, -0.2) is 4.79 Å². The average Bonchev–Trinajstić information content (AvgIpc) is 2.68. The van der Waals surface area contributed by atoms with Crippen molar-refractivity contribution in [2.45, 2.75) is 40.2 Å². The van der Waals surface area contributed by atoms with Gasteiger partial charge in [0, 0.05) is 23.0 Å². The zero-order valence-corrected chi connectivity index (χ0v) is 17.3. The van der Waals surface area contributed by atoms with Gasteiger partial charge in [0.15, 0.2) is 0 Å². The van der Waals surface area contributed by atoms with Gasteiger partial charge >= 0.3 is 5.69 Å². The highest BCUT2D eigenvalue weighted by Crippen LogP contribution is 2.20. The van der Waals surface area contributed by atoms with Crippen molar-refractivity contribution in [1.82, 2.24) is 14.5 Å². The van der Waals surface area contributed by atoms with Crippen LogP contribution in [0, 0.1) is 25.2 Å². The SMILES string of the molecule is Cc1cc(C#N)cc(C(=O)c2c(C(C)C)c(=O)[nH]c(=O)n2Cc2ccnc(C)c2)c1. The molecule has 0 atom stereocenters. The fourth-order valence-corrected chi connectivity index (χ4v) is 3.52. The Morgan fingerprint density at radius 3 is 2.57 bits per heavy atom. The molecule has 0 saturated heterocycles. The standard InChI is InChI=1S/C23H22N4O3/c1-13(2)19-20(21(28)18-8-14(3)7-17(10-18)11-24)27(23(30)26-22(19)29)12-16-5-6-25-15(4)9-16/h5-10,13H,12H2,1-4H3,(H,26,29,30). The molecular weight excluding hydrogens is 380 g/mol. The summed E-state index contributed by atoms with van der Waals surface area (Å²) in [6.07, 6.45) is 1.63. The van der Waals surface area contributed by atoms with Gasteiger partial charge in [-0.05, 0) is 61.2 Å². The summed E-state index contributed by atoms with van der Waals surface area (Å²) in [7, 11) is 0. The summed E-state index contributed by atoms with van der Waals surface area (Å²) in [4.78, 5) is 45.4. The maximum atomic E-state index is 13.5. The maximum Gasteiger partial charge on any atom is 0.329 e. The molecule has 3 rings (SSSR count). The van der Waals surface area contributed by atoms with Crippen LogP contribution >= 0.6 is 0 Å². The first-order valence-corrected chi connectivity index (χ1v) is 9.56. The zero-order chi connectivity index (χ0) is 22.0. The van der Waals surface area contributed by atoms with Gasteiger partial charge in [-0.3, -0.25) is 24.1 Å². The maximum absolute atomic E-state index is 13.5. The molecular formula is C23H22N4O3. The summed E-state index contributed by atoms with van der Waals surface area (Å²) in [6.45, 7) is 7.32. The fraction of sp³-hybridized carbons (Fsp3) is 0.261. The summed E-state index contributed by atoms with van der Waals surface area (Å²) in [5.74, 6) is -0.758. The molecule has 0 radical (unpaired) electrons. The van der Waals surface area contributed by atoms with Gasteiger partial charge in [0.2, 0.25) is 5.78 Å². The summed E-state index contributed by atoms with van der Waals surface area (Å²) < 4.78 is 1.29. The molecule has 0 aliphatic rings. The minimum absolute atomic E-state index is 0.0442. The molecule has 7 heteroatoms. The molecule has 2 aromatic heterocycles. The summed E-state index contributed by atoms with van der Waals surface area (Å²) in [5.41, 5.74) is 1.96. The molecule has 0 saturated carbocycles. The third-order valence-corrected chi connectivity index (χ3v) is 4.80. The highest BCUT2D eigenvalue weighted by Gasteiger charge is 2.25. The Morgan fingerprint density at radius 1 is 1.20 bits per heavy atom. The van der Waals surface area contributed by atoms with E-state index in [2.05, 4.69) is 9.97 Å². The quantitative estimate of drug-likeness (QED) is 0.660. The van der Waals surface area contributed by atoms with E-state index in [0.717, 1.165) is 16.8 Å². The number of ketones is 1. The predicted octanol–water partition coefficient (Wildman–Crippen LogP) is 2.82. The van der Waals surface area contributed by atoms with E-state index in [4.69, 9.17) is 0 Å². The van der Waals surface area contributed by atoms with Gasteiger partial charge < -0.3 is 0 Å². The van der Waals surface area contributed by atoms with Crippen molar-refractivity contribution in [3.05, 3.63) is 96.6 Å². The van der Waals surface area contributed by atoms with E-state index in [9.17, 15) is 19.6 Å². The van der Waals surface area contributed by atoms with E-state index in [-0.39, 0.29) is 29.3 Å². The van der Waals surface area contributed by atoms with Crippen LogP contribution in [0.25, 0.3) is 0 Å². The van der Waals surface area contributed by atoms with Gasteiger partial charge in [0.25, 0.3) is 5.56 Å². The molecule has 0 fully saturated rings. The molecule has 30 heavy (non-hydrogen) atoms. The molecule has 1 N–H and O–H groups in total. The van der Waals surface area contributed by atoms with E-state index in [0.29, 0.717) is 5.56 Å². The Hall–Kier alpha value is -3.79. The van der Waals surface area contributed by atoms with Gasteiger partial charge in [0.05, 0.1) is 18.2 Å². The molecule has 0 spiro atoms. The normalized spacial score (nSPS) is 10.8. The number of nitrogens with one attached hydrogen (secondary N) is 1. The number of hydrogen-bond acceptors (Lipinski definition) is 5. The van der Waals surface area contributed by atoms with E-state index >= 15 is 0 Å². The van der Waals surface area contributed by atoms with Crippen LogP contribution in [-0.2, 0) is 6.54 Å². The number of pyridine rings is 1. The number of nitriles is 1. The predicted molar refractivity (Wildman–Crippen MR) is 113 cm³/mol. The van der Waals surface area contributed by atoms with Gasteiger partial charge in [-0.15, -0.1) is 0 Å². The molecule has 0 unspecified atom stereocenters. The largest absolute Gasteiger partial charge is 0.329 e. The van der Waals surface area contributed by atoms with Gasteiger partial charge in [-0.2, -0.15) is 5.26 Å². The number of H-pyrrole nitrogens is 1. The molecule has 1 aromatic carbocycles. The van der Waals surface area contributed by atoms with Crippen LogP contribution < -0.4 is 11.2 Å². The monoisotopic (exact) mass is 402 g/mol. The number of carbonyl (C=O) groups excluding carboxylic acids is 1. The van der Waals surface area contributed by atoms with E-state index in [1.54, 1.807) is 45.2 Å². The number of benzene rings is 1. The minimum Gasteiger partial charge on any atom is -0.287 e. The number of rotatable bonds is 5. The summed E-state index contributed by atoms with van der Waals surface area (Å²) in [5, 5.41) is 9.27. The second-order valence-corrected chi connectivity index (χ2v) is 7.60. The van der Waals surface area contributed by atoms with Crippen LogP contribution in [0.15, 0.2) is 46.1 Å². The third kappa shape index (κ3) is 4.13. The topological polar surface area (TPSA) is 109 Å². The van der Waals surface area contributed by atoms with Crippen molar-refractivity contribution in [3.8, 4) is 6.07 Å². The Labute approximate surface area is 173 Å². The van der Waals surface area contributed by atoms with Crippen LogP contribution in [0.1, 0.15) is 63.8 Å². The Balaban J connectivity index is 2.29. The number of aromatic nitrogens is 3. The highest BCUT2D eigenvalue weighted by molar-refractivity contribution is 6.09. The van der Waals surface area contributed by atoms with Crippen molar-refractivity contribution in [3.63, 3.8) is 0 Å². The molecule has 2 heterocycles. The smallest absolute Gasteiger partial charge is 0.287 e. The number of nitrogens with zero attached hydrogens (tertiary/aromatic N) is 3. The van der Waals surface area contributed by atoms with Gasteiger partial charge in [-0.1, -0.05) is 13.8 Å². The van der Waals surface area contributed by atoms with Crippen LogP contribution in [0.3, 0.4) is 0 Å². The lowest BCUT2D eigenvalue weighted by Gasteiger charge is -2.18. The van der Waals surface area contributed by atoms with Crippen LogP contribution in [-0.4, -0.2) is 20.3 Å². The first-order chi connectivity index (χ1) is 14.2. The number of aryl methyl sites for hydroxylation is 2. The van der Waals surface area contributed by atoms with E-state index in [1.165, 1.54) is 10.6 Å². The number of aromatic amines is 1. The summed E-state index contributed by atoms with van der Waals surface area (Å²) >= 11 is 0. The molecule has 152 valence electrons. The highest BCUT2D eigenvalue weighted by atomic mass is 16.2.